The van der Waals surface area contributed by atoms with Crippen molar-refractivity contribution < 1.29 is 37.2 Å². The van der Waals surface area contributed by atoms with Crippen LogP contribution in [0.4, 0.5) is 13.2 Å². The second-order valence-electron chi connectivity index (χ2n) is 4.07. The Kier molecular flexibility index (Phi) is 6.10. The molecule has 0 bridgehead atoms. The molecule has 120 valence electrons. The zero-order valence-electron chi connectivity index (χ0n) is 11.9. The summed E-state index contributed by atoms with van der Waals surface area (Å²) in [7, 11) is 4.17. The molecule has 0 aromatic heterocycles. The second kappa shape index (κ2) is 7.37. The van der Waals surface area contributed by atoms with Crippen LogP contribution in [-0.4, -0.2) is 45.8 Å². The number of ether oxygens (including phenoxy) is 4. The van der Waals surface area contributed by atoms with Gasteiger partial charge in [0.15, 0.2) is 11.5 Å². The molecule has 1 aromatic rings. The zero-order chi connectivity index (χ0) is 16.0. The van der Waals surface area contributed by atoms with Gasteiger partial charge in [-0.15, -0.1) is 0 Å². The smallest absolute Gasteiger partial charge is 0.411 e. The van der Waals surface area contributed by atoms with Crippen molar-refractivity contribution in [3.63, 3.8) is 0 Å². The lowest BCUT2D eigenvalue weighted by Crippen LogP contribution is -2.20. The number of hydrogen-bond donors (Lipinski definition) is 1. The van der Waals surface area contributed by atoms with E-state index in [1.807, 2.05) is 0 Å². The summed E-state index contributed by atoms with van der Waals surface area (Å²) < 4.78 is 55.8. The monoisotopic (exact) mass is 310 g/mol. The van der Waals surface area contributed by atoms with E-state index in [2.05, 4.69) is 4.74 Å². The molecule has 1 N–H and O–H groups in total. The molecule has 0 saturated heterocycles. The van der Waals surface area contributed by atoms with Crippen molar-refractivity contribution in [3.05, 3.63) is 17.7 Å². The largest absolute Gasteiger partial charge is 0.493 e. The lowest BCUT2D eigenvalue weighted by Gasteiger charge is -2.19. The predicted octanol–water partition coefficient (Wildman–Crippen LogP) is 2.32. The standard InChI is InChI=1S/C13H17F3O5/c1-18-10-5-4-8(11(19-2)12(10)20-3)9(17)6-21-7-13(14,15)16/h4-5,9,17H,6-7H2,1-3H3. The van der Waals surface area contributed by atoms with Crippen molar-refractivity contribution in [1.29, 1.82) is 0 Å². The van der Waals surface area contributed by atoms with Gasteiger partial charge >= 0.3 is 6.18 Å². The van der Waals surface area contributed by atoms with E-state index >= 15 is 0 Å². The van der Waals surface area contributed by atoms with Gasteiger partial charge < -0.3 is 24.1 Å². The van der Waals surface area contributed by atoms with Crippen LogP contribution in [0.25, 0.3) is 0 Å². The molecule has 8 heteroatoms. The zero-order valence-corrected chi connectivity index (χ0v) is 11.9. The molecule has 5 nitrogen and oxygen atoms in total. The quantitative estimate of drug-likeness (QED) is 0.837. The molecule has 0 radical (unpaired) electrons. The average molecular weight is 310 g/mol. The molecule has 0 aliphatic rings. The highest BCUT2D eigenvalue weighted by Gasteiger charge is 2.28. The minimum absolute atomic E-state index is 0.181. The average Bonchev–Trinajstić information content (AvgIpc) is 2.43. The summed E-state index contributed by atoms with van der Waals surface area (Å²) in [6.07, 6.45) is -5.73. The maximum absolute atomic E-state index is 12.0. The second-order valence-corrected chi connectivity index (χ2v) is 4.07. The third-order valence-electron chi connectivity index (χ3n) is 2.64. The Bertz CT molecular complexity index is 462. The lowest BCUT2D eigenvalue weighted by atomic mass is 10.1. The van der Waals surface area contributed by atoms with Crippen LogP contribution in [0, 0.1) is 0 Å². The van der Waals surface area contributed by atoms with E-state index in [9.17, 15) is 18.3 Å². The maximum Gasteiger partial charge on any atom is 0.411 e. The van der Waals surface area contributed by atoms with Gasteiger partial charge in [0.25, 0.3) is 0 Å². The van der Waals surface area contributed by atoms with Crippen LogP contribution >= 0.6 is 0 Å². The molecule has 0 amide bonds. The van der Waals surface area contributed by atoms with E-state index in [1.54, 1.807) is 0 Å². The first-order chi connectivity index (χ1) is 9.84. The Morgan fingerprint density at radius 3 is 2.14 bits per heavy atom. The molecule has 1 aromatic carbocycles. The van der Waals surface area contributed by atoms with Gasteiger partial charge in [-0.25, -0.2) is 0 Å². The first-order valence-electron chi connectivity index (χ1n) is 5.95. The van der Waals surface area contributed by atoms with Gasteiger partial charge in [-0.1, -0.05) is 0 Å². The molecule has 21 heavy (non-hydrogen) atoms. The van der Waals surface area contributed by atoms with Crippen molar-refractivity contribution in [2.75, 3.05) is 34.5 Å². The van der Waals surface area contributed by atoms with Crippen LogP contribution in [-0.2, 0) is 4.74 Å². The van der Waals surface area contributed by atoms with E-state index in [0.717, 1.165) is 0 Å². The van der Waals surface area contributed by atoms with E-state index in [-0.39, 0.29) is 17.1 Å². The first kappa shape index (κ1) is 17.4. The molecule has 0 aliphatic heterocycles. The van der Waals surface area contributed by atoms with E-state index in [4.69, 9.17) is 14.2 Å². The number of aliphatic hydroxyl groups excluding tert-OH is 1. The highest BCUT2D eigenvalue weighted by atomic mass is 19.4. The molecule has 0 aliphatic carbocycles. The number of hydrogen-bond acceptors (Lipinski definition) is 5. The van der Waals surface area contributed by atoms with Crippen LogP contribution in [0.5, 0.6) is 17.2 Å². The summed E-state index contributed by atoms with van der Waals surface area (Å²) >= 11 is 0. The third-order valence-corrected chi connectivity index (χ3v) is 2.64. The Hall–Kier alpha value is -1.67. The van der Waals surface area contributed by atoms with Crippen molar-refractivity contribution >= 4 is 0 Å². The van der Waals surface area contributed by atoms with Crippen molar-refractivity contribution in [1.82, 2.24) is 0 Å². The van der Waals surface area contributed by atoms with Crippen LogP contribution in [0.3, 0.4) is 0 Å². The number of alkyl halides is 3. The Morgan fingerprint density at radius 1 is 1.05 bits per heavy atom. The molecule has 1 unspecified atom stereocenters. The molecule has 0 heterocycles. The fourth-order valence-corrected chi connectivity index (χ4v) is 1.76. The van der Waals surface area contributed by atoms with Crippen LogP contribution < -0.4 is 14.2 Å². The van der Waals surface area contributed by atoms with Crippen molar-refractivity contribution in [2.45, 2.75) is 12.3 Å². The van der Waals surface area contributed by atoms with Gasteiger partial charge in [-0.05, 0) is 12.1 Å². The summed E-state index contributed by atoms with van der Waals surface area (Å²) in [4.78, 5) is 0. The fraction of sp³-hybridized carbons (Fsp3) is 0.538. The number of halogens is 3. The van der Waals surface area contributed by atoms with Crippen molar-refractivity contribution in [3.8, 4) is 17.2 Å². The molecular weight excluding hydrogens is 293 g/mol. The van der Waals surface area contributed by atoms with Crippen LogP contribution in [0.15, 0.2) is 12.1 Å². The molecule has 1 atom stereocenters. The number of rotatable bonds is 7. The van der Waals surface area contributed by atoms with E-state index in [0.29, 0.717) is 5.75 Å². The molecular formula is C13H17F3O5. The van der Waals surface area contributed by atoms with E-state index in [1.165, 1.54) is 33.5 Å². The highest BCUT2D eigenvalue weighted by molar-refractivity contribution is 5.56. The summed E-state index contributed by atoms with van der Waals surface area (Å²) in [5.41, 5.74) is 0.248. The Labute approximate surface area is 120 Å². The van der Waals surface area contributed by atoms with Gasteiger partial charge in [-0.3, -0.25) is 0 Å². The summed E-state index contributed by atoms with van der Waals surface area (Å²) in [5.74, 6) is 0.800. The number of methoxy groups -OCH3 is 3. The Morgan fingerprint density at radius 2 is 1.67 bits per heavy atom. The topological polar surface area (TPSA) is 57.2 Å². The Balaban J connectivity index is 2.91. The molecule has 0 spiro atoms. The van der Waals surface area contributed by atoms with E-state index < -0.39 is 25.5 Å². The van der Waals surface area contributed by atoms with Crippen LogP contribution in [0.2, 0.25) is 0 Å². The maximum atomic E-state index is 12.0. The van der Waals surface area contributed by atoms with Gasteiger partial charge in [0.1, 0.15) is 12.7 Å². The summed E-state index contributed by atoms with van der Waals surface area (Å²) in [6.45, 7) is -1.95. The van der Waals surface area contributed by atoms with Crippen LogP contribution in [0.1, 0.15) is 11.7 Å². The fourth-order valence-electron chi connectivity index (χ4n) is 1.76. The normalized spacial score (nSPS) is 12.9. The van der Waals surface area contributed by atoms with Gasteiger partial charge in [-0.2, -0.15) is 13.2 Å². The van der Waals surface area contributed by atoms with Gasteiger partial charge in [0.05, 0.1) is 27.9 Å². The first-order valence-corrected chi connectivity index (χ1v) is 5.95. The van der Waals surface area contributed by atoms with Gasteiger partial charge in [0.2, 0.25) is 5.75 Å². The predicted molar refractivity (Wildman–Crippen MR) is 67.9 cm³/mol. The van der Waals surface area contributed by atoms with Crippen molar-refractivity contribution in [2.24, 2.45) is 0 Å². The summed E-state index contributed by atoms with van der Waals surface area (Å²) in [6, 6.07) is 2.99. The summed E-state index contributed by atoms with van der Waals surface area (Å²) in [5, 5.41) is 9.94. The minimum atomic E-state index is -4.44. The molecule has 1 rings (SSSR count). The highest BCUT2D eigenvalue weighted by Crippen LogP contribution is 2.42. The third kappa shape index (κ3) is 4.68. The lowest BCUT2D eigenvalue weighted by molar-refractivity contribution is -0.179. The molecule has 0 fully saturated rings. The number of aliphatic hydroxyl groups is 1. The minimum Gasteiger partial charge on any atom is -0.493 e. The van der Waals surface area contributed by atoms with Gasteiger partial charge in [0, 0.05) is 5.56 Å². The number of benzene rings is 1. The SMILES string of the molecule is COc1ccc(C(O)COCC(F)(F)F)c(OC)c1OC. The molecule has 0 saturated carbocycles.